The molecule has 0 aliphatic carbocycles. The molecule has 1 aliphatic heterocycles. The second-order valence-corrected chi connectivity index (χ2v) is 6.48. The number of fused-ring (bicyclic) bond motifs is 1. The summed E-state index contributed by atoms with van der Waals surface area (Å²) < 4.78 is 28.3. The van der Waals surface area contributed by atoms with Gasteiger partial charge in [-0.3, -0.25) is 10.3 Å². The van der Waals surface area contributed by atoms with Crippen LogP contribution in [-0.2, 0) is 0 Å². The quantitative estimate of drug-likeness (QED) is 0.576. The predicted molar refractivity (Wildman–Crippen MR) is 107 cm³/mol. The molecule has 0 saturated heterocycles. The van der Waals surface area contributed by atoms with Gasteiger partial charge in [0, 0.05) is 10.9 Å². The van der Waals surface area contributed by atoms with Crippen molar-refractivity contribution in [2.75, 3.05) is 11.6 Å². The lowest BCUT2D eigenvalue weighted by atomic mass is 10.0. The Morgan fingerprint density at radius 2 is 1.66 bits per heavy atom. The van der Waals surface area contributed by atoms with Gasteiger partial charge in [-0.15, -0.1) is 10.2 Å². The number of hydrazone groups is 1. The summed E-state index contributed by atoms with van der Waals surface area (Å²) >= 11 is 0. The van der Waals surface area contributed by atoms with Crippen LogP contribution in [0, 0.1) is 11.6 Å². The molecule has 0 radical (unpaired) electrons. The van der Waals surface area contributed by atoms with Crippen LogP contribution in [0.5, 0.6) is 0 Å². The Bertz CT molecular complexity index is 1240. The van der Waals surface area contributed by atoms with E-state index in [0.717, 1.165) is 11.4 Å². The van der Waals surface area contributed by atoms with Crippen molar-refractivity contribution in [1.82, 2.24) is 20.6 Å². The smallest absolute Gasteiger partial charge is 0.135 e. The van der Waals surface area contributed by atoms with E-state index in [0.29, 0.717) is 23.3 Å². The van der Waals surface area contributed by atoms with Crippen LogP contribution in [0.15, 0.2) is 65.8 Å². The number of halogens is 2. The maximum atomic E-state index is 14.1. The van der Waals surface area contributed by atoms with Crippen LogP contribution in [0.1, 0.15) is 0 Å². The molecule has 142 valence electrons. The first-order valence-corrected chi connectivity index (χ1v) is 8.92. The molecule has 6 nitrogen and oxygen atoms in total. The third-order valence-electron chi connectivity index (χ3n) is 4.67. The lowest BCUT2D eigenvalue weighted by Gasteiger charge is -2.13. The predicted octanol–water partition coefficient (Wildman–Crippen LogP) is 3.95. The molecule has 4 aromatic rings. The van der Waals surface area contributed by atoms with Gasteiger partial charge in [0.1, 0.15) is 36.0 Å². The second-order valence-electron chi connectivity index (χ2n) is 6.48. The van der Waals surface area contributed by atoms with E-state index in [9.17, 15) is 8.78 Å². The molecule has 1 aliphatic rings. The van der Waals surface area contributed by atoms with Crippen molar-refractivity contribution in [2.24, 2.45) is 5.10 Å². The molecule has 2 aromatic heterocycles. The zero-order chi connectivity index (χ0) is 19.8. The zero-order valence-corrected chi connectivity index (χ0v) is 15.0. The van der Waals surface area contributed by atoms with Crippen LogP contribution >= 0.6 is 0 Å². The van der Waals surface area contributed by atoms with Gasteiger partial charge in [-0.05, 0) is 30.3 Å². The molecule has 0 atom stereocenters. The number of benzene rings is 2. The monoisotopic (exact) mass is 388 g/mol. The highest BCUT2D eigenvalue weighted by molar-refractivity contribution is 5.94. The van der Waals surface area contributed by atoms with E-state index in [1.54, 1.807) is 12.4 Å². The van der Waals surface area contributed by atoms with Gasteiger partial charge in [0.15, 0.2) is 0 Å². The fourth-order valence-corrected chi connectivity index (χ4v) is 3.28. The van der Waals surface area contributed by atoms with Crippen molar-refractivity contribution < 1.29 is 8.78 Å². The van der Waals surface area contributed by atoms with Crippen molar-refractivity contribution in [3.05, 3.63) is 72.3 Å². The molecule has 8 heteroatoms. The van der Waals surface area contributed by atoms with Gasteiger partial charge in [-0.2, -0.15) is 5.10 Å². The van der Waals surface area contributed by atoms with E-state index in [1.807, 2.05) is 41.3 Å². The molecule has 0 unspecified atom stereocenters. The topological polar surface area (TPSA) is 66.3 Å². The molecular formula is C21H14F2N6. The molecule has 5 rings (SSSR count). The summed E-state index contributed by atoms with van der Waals surface area (Å²) in [5.74, 6) is -0.610. The summed E-state index contributed by atoms with van der Waals surface area (Å²) in [4.78, 5) is 6.57. The molecule has 0 fully saturated rings. The fourth-order valence-electron chi connectivity index (χ4n) is 3.28. The normalized spacial score (nSPS) is 13.1. The van der Waals surface area contributed by atoms with Crippen LogP contribution in [0.4, 0.5) is 14.6 Å². The Morgan fingerprint density at radius 1 is 0.862 bits per heavy atom. The van der Waals surface area contributed by atoms with Gasteiger partial charge in [-0.25, -0.2) is 13.8 Å². The first kappa shape index (κ1) is 17.2. The third-order valence-corrected chi connectivity index (χ3v) is 4.67. The minimum atomic E-state index is -0.676. The maximum Gasteiger partial charge on any atom is 0.135 e. The first-order chi connectivity index (χ1) is 14.2. The molecule has 0 spiro atoms. The molecule has 0 saturated carbocycles. The standard InChI is InChI=1S/C21H14F2N6/c22-15-6-2-7-16(23)20(15)18-10-13-4-1-5-14(21(13)28-27-18)17-8-3-9-19(26-17)29-11-24-25-12-29/h1-11,25H,12H2. The Balaban J connectivity index is 1.62. The summed E-state index contributed by atoms with van der Waals surface area (Å²) in [5.41, 5.74) is 4.92. The van der Waals surface area contributed by atoms with Crippen LogP contribution in [-0.4, -0.2) is 28.2 Å². The van der Waals surface area contributed by atoms with Gasteiger partial charge < -0.3 is 0 Å². The second kappa shape index (κ2) is 6.90. The average molecular weight is 388 g/mol. The minimum absolute atomic E-state index is 0.145. The Kier molecular flexibility index (Phi) is 4.09. The van der Waals surface area contributed by atoms with E-state index in [1.165, 1.54) is 18.2 Å². The Hall–Kier alpha value is -3.94. The molecule has 3 heterocycles. The van der Waals surface area contributed by atoms with E-state index in [4.69, 9.17) is 4.98 Å². The van der Waals surface area contributed by atoms with Crippen molar-refractivity contribution in [3.8, 4) is 22.5 Å². The highest BCUT2D eigenvalue weighted by atomic mass is 19.1. The molecule has 0 amide bonds. The van der Waals surface area contributed by atoms with Crippen LogP contribution in [0.25, 0.3) is 33.4 Å². The zero-order valence-electron chi connectivity index (χ0n) is 15.0. The van der Waals surface area contributed by atoms with E-state index >= 15 is 0 Å². The number of nitrogens with one attached hydrogen (secondary N) is 1. The number of anilines is 1. The van der Waals surface area contributed by atoms with Crippen molar-refractivity contribution in [3.63, 3.8) is 0 Å². The molecular weight excluding hydrogens is 374 g/mol. The third kappa shape index (κ3) is 3.04. The number of hydrogen-bond donors (Lipinski definition) is 1. The highest BCUT2D eigenvalue weighted by Crippen LogP contribution is 2.30. The van der Waals surface area contributed by atoms with Crippen molar-refractivity contribution in [1.29, 1.82) is 0 Å². The average Bonchev–Trinajstić information content (AvgIpc) is 3.28. The first-order valence-electron chi connectivity index (χ1n) is 8.92. The SMILES string of the molecule is Fc1cccc(F)c1-c1cc2cccc(-c3cccc(N4C=NNC4)n3)c2nn1. The Morgan fingerprint density at radius 3 is 2.45 bits per heavy atom. The van der Waals surface area contributed by atoms with Crippen LogP contribution in [0.3, 0.4) is 0 Å². The largest absolute Gasteiger partial charge is 0.296 e. The van der Waals surface area contributed by atoms with Gasteiger partial charge >= 0.3 is 0 Å². The number of hydrogen-bond acceptors (Lipinski definition) is 6. The summed E-state index contributed by atoms with van der Waals surface area (Å²) in [7, 11) is 0. The summed E-state index contributed by atoms with van der Waals surface area (Å²) in [6.45, 7) is 0.545. The Labute approximate surface area is 164 Å². The van der Waals surface area contributed by atoms with E-state index < -0.39 is 11.6 Å². The van der Waals surface area contributed by atoms with Gasteiger partial charge in [0.2, 0.25) is 0 Å². The minimum Gasteiger partial charge on any atom is -0.296 e. The van der Waals surface area contributed by atoms with Crippen LogP contribution < -0.4 is 10.3 Å². The summed E-state index contributed by atoms with van der Waals surface area (Å²) in [6, 6.07) is 16.6. The number of aromatic nitrogens is 3. The number of pyridine rings is 1. The fraction of sp³-hybridized carbons (Fsp3) is 0.0476. The summed E-state index contributed by atoms with van der Waals surface area (Å²) in [6.07, 6.45) is 1.67. The highest BCUT2D eigenvalue weighted by Gasteiger charge is 2.16. The van der Waals surface area contributed by atoms with Gasteiger partial charge in [-0.1, -0.05) is 30.3 Å². The number of nitrogens with zero attached hydrogens (tertiary/aromatic N) is 5. The van der Waals surface area contributed by atoms with E-state index in [2.05, 4.69) is 20.7 Å². The number of rotatable bonds is 3. The van der Waals surface area contributed by atoms with Gasteiger partial charge in [0.05, 0.1) is 17.0 Å². The molecule has 1 N–H and O–H groups in total. The van der Waals surface area contributed by atoms with Gasteiger partial charge in [0.25, 0.3) is 0 Å². The molecule has 29 heavy (non-hydrogen) atoms. The lowest BCUT2D eigenvalue weighted by molar-refractivity contribution is 0.588. The maximum absolute atomic E-state index is 14.1. The molecule has 2 aromatic carbocycles. The van der Waals surface area contributed by atoms with Crippen molar-refractivity contribution >= 4 is 23.1 Å². The summed E-state index contributed by atoms with van der Waals surface area (Å²) in [5, 5.41) is 13.0. The van der Waals surface area contributed by atoms with E-state index in [-0.39, 0.29) is 11.3 Å². The lowest BCUT2D eigenvalue weighted by Crippen LogP contribution is -2.23. The van der Waals surface area contributed by atoms with Crippen LogP contribution in [0.2, 0.25) is 0 Å². The van der Waals surface area contributed by atoms with Crippen molar-refractivity contribution in [2.45, 2.75) is 0 Å². The molecule has 0 bridgehead atoms.